The molecular formula is C17H12Cl2N6O4S. The minimum Gasteiger partial charge on any atom is -0.436 e. The van der Waals surface area contributed by atoms with E-state index < -0.39 is 27.7 Å². The van der Waals surface area contributed by atoms with E-state index in [0.29, 0.717) is 10.6 Å². The molecule has 0 fully saturated rings. The molecule has 1 aromatic carbocycles. The van der Waals surface area contributed by atoms with Gasteiger partial charge in [-0.15, -0.1) is 5.10 Å². The van der Waals surface area contributed by atoms with Crippen molar-refractivity contribution >= 4 is 39.7 Å². The third-order valence-electron chi connectivity index (χ3n) is 3.79. The molecule has 2 heterocycles. The Morgan fingerprint density at radius 1 is 1.27 bits per heavy atom. The molecule has 0 spiro atoms. The Morgan fingerprint density at radius 3 is 2.50 bits per heavy atom. The van der Waals surface area contributed by atoms with Crippen molar-refractivity contribution in [3.63, 3.8) is 0 Å². The fraction of sp³-hybridized carbons (Fsp3) is 0.118. The van der Waals surface area contributed by atoms with E-state index >= 15 is 0 Å². The zero-order valence-corrected chi connectivity index (χ0v) is 17.7. The Balaban J connectivity index is 2.04. The second-order valence-corrected chi connectivity index (χ2v) is 7.86. The second-order valence-electron chi connectivity index (χ2n) is 5.69. The highest BCUT2D eigenvalue weighted by atomic mass is 35.5. The SMILES string of the molecule is CNc1cnc(Oc2c(Cl)cc(-n3nc(C#N)c(=O)[nH]c3=O)cc2Cl)cc1S(C)=O. The number of nitriles is 1. The van der Waals surface area contributed by atoms with Gasteiger partial charge in [0.25, 0.3) is 5.56 Å². The Kier molecular flexibility index (Phi) is 6.21. The molecule has 30 heavy (non-hydrogen) atoms. The molecule has 154 valence electrons. The van der Waals surface area contributed by atoms with Gasteiger partial charge < -0.3 is 10.1 Å². The summed E-state index contributed by atoms with van der Waals surface area (Å²) < 4.78 is 18.4. The van der Waals surface area contributed by atoms with Crippen LogP contribution in [0.3, 0.4) is 0 Å². The maximum absolute atomic E-state index is 12.0. The average molecular weight is 467 g/mol. The molecule has 13 heteroatoms. The molecule has 0 aliphatic heterocycles. The molecule has 0 aliphatic carbocycles. The number of aromatic nitrogens is 4. The van der Waals surface area contributed by atoms with E-state index in [1.807, 2.05) is 4.98 Å². The molecule has 0 amide bonds. The van der Waals surface area contributed by atoms with Crippen LogP contribution in [0.15, 0.2) is 38.9 Å². The number of aromatic amines is 1. The largest absolute Gasteiger partial charge is 0.436 e. The number of pyridine rings is 1. The lowest BCUT2D eigenvalue weighted by atomic mass is 10.3. The van der Waals surface area contributed by atoms with Crippen molar-refractivity contribution in [1.82, 2.24) is 19.7 Å². The first kappa shape index (κ1) is 21.5. The molecule has 0 bridgehead atoms. The minimum atomic E-state index is -1.31. The van der Waals surface area contributed by atoms with Crippen LogP contribution in [0.1, 0.15) is 5.69 Å². The quantitative estimate of drug-likeness (QED) is 0.581. The van der Waals surface area contributed by atoms with E-state index in [0.717, 1.165) is 4.68 Å². The van der Waals surface area contributed by atoms with Crippen LogP contribution in [0, 0.1) is 11.3 Å². The number of hydrogen-bond donors (Lipinski definition) is 2. The van der Waals surface area contributed by atoms with Gasteiger partial charge in [-0.2, -0.15) is 9.94 Å². The lowest BCUT2D eigenvalue weighted by Crippen LogP contribution is -2.33. The number of nitrogens with one attached hydrogen (secondary N) is 2. The fourth-order valence-corrected chi connectivity index (χ4v) is 3.70. The summed E-state index contributed by atoms with van der Waals surface area (Å²) in [6.45, 7) is 0. The highest BCUT2D eigenvalue weighted by Gasteiger charge is 2.16. The minimum absolute atomic E-state index is 0.00886. The first-order valence-corrected chi connectivity index (χ1v) is 10.4. The van der Waals surface area contributed by atoms with Gasteiger partial charge in [-0.25, -0.2) is 9.78 Å². The van der Waals surface area contributed by atoms with Crippen LogP contribution in [-0.4, -0.2) is 37.3 Å². The number of H-pyrrole nitrogens is 1. The molecule has 1 unspecified atom stereocenters. The summed E-state index contributed by atoms with van der Waals surface area (Å²) >= 11 is 12.5. The highest BCUT2D eigenvalue weighted by Crippen LogP contribution is 2.38. The number of ether oxygens (including phenoxy) is 1. The van der Waals surface area contributed by atoms with E-state index in [2.05, 4.69) is 15.4 Å². The van der Waals surface area contributed by atoms with E-state index in [1.54, 1.807) is 13.1 Å². The number of hydrogen-bond acceptors (Lipinski definition) is 8. The summed E-state index contributed by atoms with van der Waals surface area (Å²) in [4.78, 5) is 30.1. The summed E-state index contributed by atoms with van der Waals surface area (Å²) in [5.74, 6) is 0.138. The van der Waals surface area contributed by atoms with Gasteiger partial charge in [-0.05, 0) is 12.1 Å². The molecule has 10 nitrogen and oxygen atoms in total. The predicted octanol–water partition coefficient (Wildman–Crippen LogP) is 2.07. The van der Waals surface area contributed by atoms with E-state index in [1.165, 1.54) is 30.7 Å². The zero-order chi connectivity index (χ0) is 22.0. The molecule has 0 saturated carbocycles. The van der Waals surface area contributed by atoms with Crippen LogP contribution in [-0.2, 0) is 10.8 Å². The van der Waals surface area contributed by atoms with E-state index in [4.69, 9.17) is 33.2 Å². The summed E-state index contributed by atoms with van der Waals surface area (Å²) in [6.07, 6.45) is 2.97. The van der Waals surface area contributed by atoms with Crippen molar-refractivity contribution < 1.29 is 8.95 Å². The molecule has 3 rings (SSSR count). The third-order valence-corrected chi connectivity index (χ3v) is 5.31. The predicted molar refractivity (Wildman–Crippen MR) is 111 cm³/mol. The fourth-order valence-electron chi connectivity index (χ4n) is 2.42. The molecule has 0 radical (unpaired) electrons. The van der Waals surface area contributed by atoms with Crippen LogP contribution in [0.4, 0.5) is 5.69 Å². The standard InChI is InChI=1S/C17H12Cl2N6O4S/c1-21-12-7-22-14(5-13(12)30(2)28)29-15-9(18)3-8(4-10(15)19)25-17(27)23-16(26)11(6-20)24-25/h3-5,7,21H,1-2H3,(H,23,26,27). The van der Waals surface area contributed by atoms with E-state index in [9.17, 15) is 13.8 Å². The lowest BCUT2D eigenvalue weighted by Gasteiger charge is -2.13. The monoisotopic (exact) mass is 466 g/mol. The first-order chi connectivity index (χ1) is 14.2. The van der Waals surface area contributed by atoms with Gasteiger partial charge in [0.15, 0.2) is 5.75 Å². The summed E-state index contributed by atoms with van der Waals surface area (Å²) in [5.41, 5.74) is -1.61. The maximum atomic E-state index is 12.0. The third kappa shape index (κ3) is 4.20. The van der Waals surface area contributed by atoms with Gasteiger partial charge in [0.05, 0.1) is 43.3 Å². The summed E-state index contributed by atoms with van der Waals surface area (Å²) in [6, 6.07) is 5.70. The van der Waals surface area contributed by atoms with Gasteiger partial charge in [0.1, 0.15) is 6.07 Å². The van der Waals surface area contributed by atoms with Crippen molar-refractivity contribution in [1.29, 1.82) is 5.26 Å². The maximum Gasteiger partial charge on any atom is 0.349 e. The second kappa shape index (κ2) is 8.66. The van der Waals surface area contributed by atoms with Gasteiger partial charge in [-0.3, -0.25) is 14.0 Å². The Hall–Kier alpha value is -3.20. The molecule has 2 N–H and O–H groups in total. The first-order valence-electron chi connectivity index (χ1n) is 8.07. The molecule has 0 saturated heterocycles. The van der Waals surface area contributed by atoms with Crippen LogP contribution >= 0.6 is 23.2 Å². The number of nitrogens with zero attached hydrogens (tertiary/aromatic N) is 4. The number of anilines is 1. The summed E-state index contributed by atoms with van der Waals surface area (Å²) in [7, 11) is 0.366. The van der Waals surface area contributed by atoms with Gasteiger partial charge in [-0.1, -0.05) is 23.2 Å². The summed E-state index contributed by atoms with van der Waals surface area (Å²) in [5, 5.41) is 15.5. The topological polar surface area (TPSA) is 143 Å². The normalized spacial score (nSPS) is 11.6. The lowest BCUT2D eigenvalue weighted by molar-refractivity contribution is 0.461. The highest BCUT2D eigenvalue weighted by molar-refractivity contribution is 7.84. The van der Waals surface area contributed by atoms with Crippen LogP contribution < -0.4 is 21.3 Å². The van der Waals surface area contributed by atoms with Crippen molar-refractivity contribution in [2.45, 2.75) is 4.90 Å². The van der Waals surface area contributed by atoms with Crippen molar-refractivity contribution in [3.8, 4) is 23.4 Å². The number of benzene rings is 1. The smallest absolute Gasteiger partial charge is 0.349 e. The van der Waals surface area contributed by atoms with Crippen molar-refractivity contribution in [2.24, 2.45) is 0 Å². The molecule has 1 atom stereocenters. The van der Waals surface area contributed by atoms with Crippen LogP contribution in [0.5, 0.6) is 11.6 Å². The number of halogens is 2. The molecule has 2 aromatic heterocycles. The molecular weight excluding hydrogens is 455 g/mol. The van der Waals surface area contributed by atoms with Gasteiger partial charge in [0.2, 0.25) is 11.6 Å². The Labute approximate surface area is 181 Å². The van der Waals surface area contributed by atoms with Gasteiger partial charge >= 0.3 is 5.69 Å². The van der Waals surface area contributed by atoms with E-state index in [-0.39, 0.29) is 27.4 Å². The van der Waals surface area contributed by atoms with Crippen molar-refractivity contribution in [3.05, 3.63) is 61.0 Å². The Morgan fingerprint density at radius 2 is 1.93 bits per heavy atom. The molecule has 3 aromatic rings. The van der Waals surface area contributed by atoms with Crippen LogP contribution in [0.2, 0.25) is 10.0 Å². The number of rotatable bonds is 5. The van der Waals surface area contributed by atoms with Crippen molar-refractivity contribution in [2.75, 3.05) is 18.6 Å². The van der Waals surface area contributed by atoms with Gasteiger partial charge in [0, 0.05) is 19.4 Å². The van der Waals surface area contributed by atoms with Crippen LogP contribution in [0.25, 0.3) is 5.69 Å². The average Bonchev–Trinajstić information content (AvgIpc) is 2.70. The zero-order valence-electron chi connectivity index (χ0n) is 15.4. The molecule has 0 aliphatic rings. The Bertz CT molecular complexity index is 1310.